The standard InChI is InChI=1S/C16H22NO4P/c1-5-13-8-6-7-9-14(13)16(19)21-10-11-22(20)15(18)12-17(2,3)4/h5-9H,1,10-12H2,2-4H3/p+1. The third kappa shape index (κ3) is 6.08. The second-order valence-electron chi connectivity index (χ2n) is 5.89. The fraction of sp³-hybridized carbons (Fsp3) is 0.375. The summed E-state index contributed by atoms with van der Waals surface area (Å²) >= 11 is 0. The zero-order chi connectivity index (χ0) is 16.8. The molecule has 0 aliphatic rings. The number of carbonyl (C=O) groups excluding carboxylic acids is 1. The topological polar surface area (TPSA) is 69.6 Å². The summed E-state index contributed by atoms with van der Waals surface area (Å²) < 4.78 is 5.61. The van der Waals surface area contributed by atoms with Crippen molar-refractivity contribution in [2.45, 2.75) is 0 Å². The number of aliphatic hydroxyl groups excluding tert-OH is 1. The van der Waals surface area contributed by atoms with Crippen LogP contribution in [-0.4, -0.2) is 61.5 Å². The fourth-order valence-electron chi connectivity index (χ4n) is 1.79. The lowest BCUT2D eigenvalue weighted by atomic mass is 10.1. The minimum absolute atomic E-state index is 0.000711. The molecule has 1 rings (SSSR count). The van der Waals surface area contributed by atoms with Gasteiger partial charge in [0, 0.05) is 0 Å². The number of carbonyl (C=O) groups is 1. The van der Waals surface area contributed by atoms with Crippen LogP contribution in [0.25, 0.3) is 6.08 Å². The van der Waals surface area contributed by atoms with E-state index in [1.165, 1.54) is 0 Å². The van der Waals surface area contributed by atoms with E-state index in [4.69, 9.17) is 4.74 Å². The average molecular weight is 324 g/mol. The first-order valence-electron chi connectivity index (χ1n) is 6.93. The summed E-state index contributed by atoms with van der Waals surface area (Å²) in [6, 6.07) is 6.97. The Morgan fingerprint density at radius 1 is 1.41 bits per heavy atom. The van der Waals surface area contributed by atoms with E-state index in [-0.39, 0.29) is 18.2 Å². The van der Waals surface area contributed by atoms with Gasteiger partial charge in [0.2, 0.25) is 0 Å². The number of aliphatic hydroxyl groups is 1. The molecule has 1 atom stereocenters. The lowest BCUT2D eigenvalue weighted by Gasteiger charge is -2.22. The number of quaternary nitrogens is 1. The number of hydrogen-bond donors (Lipinski definition) is 1. The van der Waals surface area contributed by atoms with Gasteiger partial charge in [-0.3, -0.25) is 0 Å². The number of benzene rings is 1. The molecule has 0 fully saturated rings. The van der Waals surface area contributed by atoms with Gasteiger partial charge in [0.15, 0.2) is 6.54 Å². The number of ether oxygens (including phenoxy) is 1. The van der Waals surface area contributed by atoms with Gasteiger partial charge in [0.25, 0.3) is 5.48 Å². The van der Waals surface area contributed by atoms with Crippen LogP contribution in [0.5, 0.6) is 0 Å². The number of nitrogens with zero attached hydrogens (tertiary/aromatic N) is 1. The van der Waals surface area contributed by atoms with Crippen molar-refractivity contribution in [3.05, 3.63) is 42.0 Å². The maximum absolute atomic E-state index is 12.0. The molecule has 0 spiro atoms. The van der Waals surface area contributed by atoms with Crippen LogP contribution in [0.3, 0.4) is 0 Å². The first-order chi connectivity index (χ1) is 10.2. The SMILES string of the molecule is C=Cc1ccccc1C(=O)OCC/[P+]([O-])=C(\O)C[N+](C)(C)C. The van der Waals surface area contributed by atoms with Crippen LogP contribution >= 0.6 is 7.77 Å². The minimum Gasteiger partial charge on any atom is -0.628 e. The van der Waals surface area contributed by atoms with E-state index in [0.717, 1.165) is 0 Å². The highest BCUT2D eigenvalue weighted by atomic mass is 31.1. The molecule has 0 radical (unpaired) electrons. The van der Waals surface area contributed by atoms with E-state index in [1.807, 2.05) is 27.2 Å². The maximum atomic E-state index is 12.0. The molecule has 0 bridgehead atoms. The van der Waals surface area contributed by atoms with Gasteiger partial charge in [-0.2, -0.15) is 0 Å². The van der Waals surface area contributed by atoms with Gasteiger partial charge in [-0.1, -0.05) is 30.9 Å². The molecule has 0 saturated carbocycles. The third-order valence-electron chi connectivity index (χ3n) is 2.83. The average Bonchev–Trinajstić information content (AvgIpc) is 2.45. The van der Waals surface area contributed by atoms with Crippen LogP contribution in [0, 0.1) is 0 Å². The van der Waals surface area contributed by atoms with Gasteiger partial charge in [0.1, 0.15) is 12.8 Å². The predicted molar refractivity (Wildman–Crippen MR) is 88.4 cm³/mol. The summed E-state index contributed by atoms with van der Waals surface area (Å²) in [7, 11) is 3.78. The highest BCUT2D eigenvalue weighted by Crippen LogP contribution is 2.15. The molecular formula is C16H23NO4P+. The molecule has 1 aromatic carbocycles. The van der Waals surface area contributed by atoms with Gasteiger partial charge in [-0.05, 0) is 11.6 Å². The van der Waals surface area contributed by atoms with E-state index >= 15 is 0 Å². The molecule has 0 aliphatic carbocycles. The smallest absolute Gasteiger partial charge is 0.338 e. The second kappa shape index (κ2) is 8.20. The molecule has 0 amide bonds. The summed E-state index contributed by atoms with van der Waals surface area (Å²) in [5, 5.41) is 9.78. The molecule has 22 heavy (non-hydrogen) atoms. The Kier molecular flexibility index (Phi) is 6.91. The van der Waals surface area contributed by atoms with E-state index in [1.54, 1.807) is 24.3 Å². The molecule has 0 aromatic heterocycles. The van der Waals surface area contributed by atoms with Gasteiger partial charge in [-0.25, -0.2) is 4.79 Å². The molecule has 1 unspecified atom stereocenters. The zero-order valence-electron chi connectivity index (χ0n) is 13.3. The van der Waals surface area contributed by atoms with E-state index < -0.39 is 13.7 Å². The Balaban J connectivity index is 2.58. The van der Waals surface area contributed by atoms with Crippen molar-refractivity contribution in [2.24, 2.45) is 0 Å². The Bertz CT molecular complexity index is 576. The van der Waals surface area contributed by atoms with E-state index in [9.17, 15) is 14.8 Å². The molecular weight excluding hydrogens is 301 g/mol. The Morgan fingerprint density at radius 3 is 2.64 bits per heavy atom. The lowest BCUT2D eigenvalue weighted by molar-refractivity contribution is -0.861. The largest absolute Gasteiger partial charge is 0.628 e. The van der Waals surface area contributed by atoms with Crippen LogP contribution in [0.15, 0.2) is 30.8 Å². The first kappa shape index (κ1) is 18.5. The molecule has 6 heteroatoms. The molecule has 5 nitrogen and oxygen atoms in total. The van der Waals surface area contributed by atoms with Crippen molar-refractivity contribution in [3.8, 4) is 0 Å². The Labute approximate surface area is 132 Å². The quantitative estimate of drug-likeness (QED) is 0.468. The van der Waals surface area contributed by atoms with Crippen LogP contribution < -0.4 is 4.89 Å². The monoisotopic (exact) mass is 324 g/mol. The molecule has 0 heterocycles. The van der Waals surface area contributed by atoms with Crippen LogP contribution in [0.2, 0.25) is 0 Å². The fourth-order valence-corrected chi connectivity index (χ4v) is 2.89. The normalized spacial score (nSPS) is 12.6. The van der Waals surface area contributed by atoms with Gasteiger partial charge in [-0.15, -0.1) is 0 Å². The maximum Gasteiger partial charge on any atom is 0.338 e. The molecule has 1 N–H and O–H groups in total. The first-order valence-corrected chi connectivity index (χ1v) is 8.37. The number of rotatable bonds is 7. The van der Waals surface area contributed by atoms with Crippen molar-refractivity contribution in [3.63, 3.8) is 0 Å². The van der Waals surface area contributed by atoms with Crippen LogP contribution in [-0.2, 0) is 4.74 Å². The number of hydrogen-bond acceptors (Lipinski definition) is 3. The van der Waals surface area contributed by atoms with E-state index in [2.05, 4.69) is 6.58 Å². The number of likely N-dealkylation sites (N-methyl/N-ethyl adjacent to an activating group) is 1. The third-order valence-corrected chi connectivity index (χ3v) is 4.14. The minimum atomic E-state index is -1.91. The van der Waals surface area contributed by atoms with E-state index in [0.29, 0.717) is 22.2 Å². The molecule has 120 valence electrons. The molecule has 1 aromatic rings. The zero-order valence-corrected chi connectivity index (χ0v) is 14.2. The molecule has 0 saturated heterocycles. The van der Waals surface area contributed by atoms with Gasteiger partial charge in [0.05, 0.1) is 34.5 Å². The van der Waals surface area contributed by atoms with Crippen molar-refractivity contribution in [2.75, 3.05) is 40.5 Å². The van der Waals surface area contributed by atoms with Gasteiger partial charge < -0.3 is 19.2 Å². The summed E-state index contributed by atoms with van der Waals surface area (Å²) in [6.07, 6.45) is 1.70. The van der Waals surface area contributed by atoms with Crippen LogP contribution in [0.1, 0.15) is 15.9 Å². The highest BCUT2D eigenvalue weighted by Gasteiger charge is 2.18. The highest BCUT2D eigenvalue weighted by molar-refractivity contribution is 7.51. The summed E-state index contributed by atoms with van der Waals surface area (Å²) in [5.74, 6) is -0.481. The van der Waals surface area contributed by atoms with Crippen molar-refractivity contribution in [1.29, 1.82) is 0 Å². The lowest BCUT2D eigenvalue weighted by Crippen LogP contribution is -2.39. The summed E-state index contributed by atoms with van der Waals surface area (Å²) in [4.78, 5) is 23.9. The summed E-state index contributed by atoms with van der Waals surface area (Å²) in [5.41, 5.74) is 1.06. The molecule has 0 aliphatic heterocycles. The second-order valence-corrected chi connectivity index (χ2v) is 7.61. The van der Waals surface area contributed by atoms with Crippen molar-refractivity contribution in [1.82, 2.24) is 0 Å². The Morgan fingerprint density at radius 2 is 2.05 bits per heavy atom. The summed E-state index contributed by atoms with van der Waals surface area (Å²) in [6.45, 7) is 3.96. The van der Waals surface area contributed by atoms with Crippen LogP contribution in [0.4, 0.5) is 0 Å². The Hall–Kier alpha value is -1.52. The van der Waals surface area contributed by atoms with Crippen molar-refractivity contribution < 1.29 is 24.0 Å². The van der Waals surface area contributed by atoms with Crippen molar-refractivity contribution >= 4 is 25.3 Å². The predicted octanol–water partition coefficient (Wildman–Crippen LogP) is 1.45. The van der Waals surface area contributed by atoms with Gasteiger partial charge >= 0.3 is 5.97 Å². The number of esters is 1.